The number of carbonyl (C=O) groups excluding carboxylic acids is 2. The van der Waals surface area contributed by atoms with Gasteiger partial charge in [-0.15, -0.1) is 5.17 Å². The molecule has 9 nitrogen and oxygen atoms in total. The Labute approximate surface area is 208 Å². The lowest BCUT2D eigenvalue weighted by Gasteiger charge is -2.17. The molecule has 4 aromatic rings. The number of amides is 2. The second kappa shape index (κ2) is 9.26. The molecule has 2 aromatic carbocycles. The fraction of sp³-hybridized carbons (Fsp3) is 0.0476. The number of hydrogen-bond acceptors (Lipinski definition) is 6. The van der Waals surface area contributed by atoms with Crippen LogP contribution < -0.4 is 11.2 Å². The van der Waals surface area contributed by atoms with E-state index < -0.39 is 29.4 Å². The number of hydrogen-bond donors (Lipinski definition) is 3. The van der Waals surface area contributed by atoms with E-state index in [0.29, 0.717) is 21.5 Å². The lowest BCUT2D eigenvalue weighted by Crippen LogP contribution is -2.34. The number of alkyl halides is 3. The minimum Gasteiger partial charge on any atom is -0.319 e. The van der Waals surface area contributed by atoms with E-state index in [9.17, 15) is 28.0 Å². The maximum atomic E-state index is 13.4. The van der Waals surface area contributed by atoms with Crippen LogP contribution in [0.5, 0.6) is 0 Å². The number of pyridine rings is 1. The molecule has 0 spiro atoms. The molecule has 2 heterocycles. The van der Waals surface area contributed by atoms with E-state index in [1.54, 1.807) is 24.3 Å². The zero-order valence-corrected chi connectivity index (χ0v) is 19.6. The molecular formula is C21H13BrClF3N6O3. The SMILES string of the molecule is NN(O)C(=O)c1cc2ccccc2c(Br)c1NC(=O)c1cc(C(F)(F)F)nn1-c1ncccc1Cl. The van der Waals surface area contributed by atoms with Gasteiger partial charge in [0.2, 0.25) is 0 Å². The van der Waals surface area contributed by atoms with Crippen LogP contribution >= 0.6 is 27.5 Å². The smallest absolute Gasteiger partial charge is 0.319 e. The third-order valence-corrected chi connectivity index (χ3v) is 5.95. The second-order valence-corrected chi connectivity index (χ2v) is 8.27. The second-order valence-electron chi connectivity index (χ2n) is 7.07. The molecule has 0 aliphatic heterocycles. The van der Waals surface area contributed by atoms with Crippen molar-refractivity contribution in [3.05, 3.63) is 81.2 Å². The van der Waals surface area contributed by atoms with Crippen molar-refractivity contribution in [3.63, 3.8) is 0 Å². The van der Waals surface area contributed by atoms with Gasteiger partial charge < -0.3 is 5.32 Å². The van der Waals surface area contributed by atoms with Crippen LogP contribution in [0.2, 0.25) is 5.02 Å². The number of rotatable bonds is 4. The number of aromatic nitrogens is 3. The van der Waals surface area contributed by atoms with Crippen LogP contribution in [-0.4, -0.2) is 37.0 Å². The number of carbonyl (C=O) groups is 2. The van der Waals surface area contributed by atoms with Gasteiger partial charge in [0.05, 0.1) is 16.3 Å². The molecule has 4 N–H and O–H groups in total. The quantitative estimate of drug-likeness (QED) is 0.140. The van der Waals surface area contributed by atoms with Gasteiger partial charge in [0.1, 0.15) is 5.69 Å². The van der Waals surface area contributed by atoms with Gasteiger partial charge in [0.25, 0.3) is 11.8 Å². The number of anilines is 1. The van der Waals surface area contributed by atoms with Crippen molar-refractivity contribution >= 4 is 55.8 Å². The number of nitrogens with one attached hydrogen (secondary N) is 1. The molecule has 0 aliphatic carbocycles. The lowest BCUT2D eigenvalue weighted by molar-refractivity contribution is -0.141. The van der Waals surface area contributed by atoms with Gasteiger partial charge >= 0.3 is 6.18 Å². The van der Waals surface area contributed by atoms with Crippen molar-refractivity contribution in [1.82, 2.24) is 19.9 Å². The molecule has 0 aliphatic rings. The summed E-state index contributed by atoms with van der Waals surface area (Å²) in [5.41, 5.74) is -2.30. The summed E-state index contributed by atoms with van der Waals surface area (Å²) in [6.07, 6.45) is -3.60. The zero-order valence-electron chi connectivity index (χ0n) is 17.2. The molecule has 0 unspecified atom stereocenters. The van der Waals surface area contributed by atoms with Crippen LogP contribution in [-0.2, 0) is 6.18 Å². The first kappa shape index (κ1) is 24.6. The largest absolute Gasteiger partial charge is 0.435 e. The van der Waals surface area contributed by atoms with Gasteiger partial charge in [-0.1, -0.05) is 35.9 Å². The predicted molar refractivity (Wildman–Crippen MR) is 123 cm³/mol. The fourth-order valence-corrected chi connectivity index (χ4v) is 4.15. The van der Waals surface area contributed by atoms with Crippen molar-refractivity contribution in [2.45, 2.75) is 6.18 Å². The molecule has 4 rings (SSSR count). The van der Waals surface area contributed by atoms with E-state index in [0.717, 1.165) is 0 Å². The third kappa shape index (κ3) is 4.71. The van der Waals surface area contributed by atoms with Crippen LogP contribution in [0.3, 0.4) is 0 Å². The Balaban J connectivity index is 1.88. The van der Waals surface area contributed by atoms with Gasteiger partial charge in [-0.2, -0.15) is 18.3 Å². The summed E-state index contributed by atoms with van der Waals surface area (Å²) in [7, 11) is 0. The number of hydrazine groups is 1. The first-order valence-electron chi connectivity index (χ1n) is 9.57. The molecule has 14 heteroatoms. The number of halogens is 5. The number of benzene rings is 2. The summed E-state index contributed by atoms with van der Waals surface area (Å²) in [6, 6.07) is 11.5. The van der Waals surface area contributed by atoms with Gasteiger partial charge in [-0.05, 0) is 44.9 Å². The van der Waals surface area contributed by atoms with Gasteiger partial charge in [-0.25, -0.2) is 15.5 Å². The minimum absolute atomic E-state index is 0.0554. The molecule has 2 aromatic heterocycles. The first-order chi connectivity index (χ1) is 16.5. The standard InChI is InChI=1S/C21H13BrClF3N6O3/c22-16-11-5-2-1-4-10(11)8-12(20(34)32(27)35)17(16)29-19(33)14-9-15(21(24,25)26)30-31(14)18-13(23)6-3-7-28-18/h1-9,35H,27H2,(H,29,33). The molecule has 0 atom stereocenters. The molecular weight excluding hydrogens is 557 g/mol. The summed E-state index contributed by atoms with van der Waals surface area (Å²) in [5, 5.41) is 16.3. The highest BCUT2D eigenvalue weighted by atomic mass is 79.9. The van der Waals surface area contributed by atoms with Crippen LogP contribution in [0.15, 0.2) is 59.2 Å². The fourth-order valence-electron chi connectivity index (χ4n) is 3.27. The first-order valence-corrected chi connectivity index (χ1v) is 10.7. The van der Waals surface area contributed by atoms with Gasteiger partial charge in [0.15, 0.2) is 11.5 Å². The average molecular weight is 570 g/mol. The van der Waals surface area contributed by atoms with Crippen molar-refractivity contribution in [2.24, 2.45) is 5.84 Å². The Morgan fingerprint density at radius 2 is 1.89 bits per heavy atom. The number of fused-ring (bicyclic) bond motifs is 1. The lowest BCUT2D eigenvalue weighted by atomic mass is 10.0. The Morgan fingerprint density at radius 3 is 2.54 bits per heavy atom. The zero-order chi connectivity index (χ0) is 25.5. The Morgan fingerprint density at radius 1 is 1.17 bits per heavy atom. The van der Waals surface area contributed by atoms with Crippen LogP contribution in [0, 0.1) is 0 Å². The van der Waals surface area contributed by atoms with Crippen molar-refractivity contribution in [3.8, 4) is 5.82 Å². The van der Waals surface area contributed by atoms with Crippen LogP contribution in [0.4, 0.5) is 18.9 Å². The number of hydroxylamine groups is 1. The highest BCUT2D eigenvalue weighted by molar-refractivity contribution is 9.10. The highest BCUT2D eigenvalue weighted by Crippen LogP contribution is 2.36. The van der Waals surface area contributed by atoms with E-state index in [1.165, 1.54) is 24.4 Å². The molecule has 0 bridgehead atoms. The van der Waals surface area contributed by atoms with Crippen LogP contribution in [0.25, 0.3) is 16.6 Å². The van der Waals surface area contributed by atoms with E-state index in [2.05, 4.69) is 31.3 Å². The van der Waals surface area contributed by atoms with E-state index in [1.807, 2.05) is 0 Å². The summed E-state index contributed by atoms with van der Waals surface area (Å²) in [4.78, 5) is 29.7. The van der Waals surface area contributed by atoms with E-state index >= 15 is 0 Å². The number of nitrogens with two attached hydrogens (primary N) is 1. The molecule has 0 saturated heterocycles. The summed E-state index contributed by atoms with van der Waals surface area (Å²) in [6.45, 7) is 0. The van der Waals surface area contributed by atoms with Crippen molar-refractivity contribution < 1.29 is 28.0 Å². The summed E-state index contributed by atoms with van der Waals surface area (Å²) < 4.78 is 41.2. The highest BCUT2D eigenvalue weighted by Gasteiger charge is 2.37. The van der Waals surface area contributed by atoms with Crippen molar-refractivity contribution in [1.29, 1.82) is 0 Å². The average Bonchev–Trinajstić information content (AvgIpc) is 3.26. The maximum absolute atomic E-state index is 13.4. The molecule has 0 fully saturated rings. The number of nitrogens with zero attached hydrogens (tertiary/aromatic N) is 4. The van der Waals surface area contributed by atoms with Gasteiger partial charge in [-0.3, -0.25) is 14.8 Å². The Bertz CT molecular complexity index is 1470. The van der Waals surface area contributed by atoms with E-state index in [-0.39, 0.29) is 31.7 Å². The molecule has 35 heavy (non-hydrogen) atoms. The Hall–Kier alpha value is -3.52. The molecule has 180 valence electrons. The third-order valence-electron chi connectivity index (χ3n) is 4.84. The molecule has 0 saturated carbocycles. The molecule has 2 amide bonds. The summed E-state index contributed by atoms with van der Waals surface area (Å²) >= 11 is 9.40. The van der Waals surface area contributed by atoms with Crippen LogP contribution in [0.1, 0.15) is 26.5 Å². The maximum Gasteiger partial charge on any atom is 0.435 e. The minimum atomic E-state index is -4.87. The summed E-state index contributed by atoms with van der Waals surface area (Å²) in [5.74, 6) is 2.83. The Kier molecular flexibility index (Phi) is 6.51. The predicted octanol–water partition coefficient (Wildman–Crippen LogP) is 4.81. The van der Waals surface area contributed by atoms with Crippen molar-refractivity contribution in [2.75, 3.05) is 5.32 Å². The van der Waals surface area contributed by atoms with Gasteiger partial charge in [0, 0.05) is 16.7 Å². The molecule has 0 radical (unpaired) electrons. The normalized spacial score (nSPS) is 11.5. The van der Waals surface area contributed by atoms with E-state index in [4.69, 9.17) is 17.4 Å². The topological polar surface area (TPSA) is 126 Å². The monoisotopic (exact) mass is 568 g/mol.